The van der Waals surface area contributed by atoms with E-state index in [1.165, 1.54) is 38.0 Å². The zero-order valence-electron chi connectivity index (χ0n) is 12.6. The lowest BCUT2D eigenvalue weighted by Gasteiger charge is -2.36. The van der Waals surface area contributed by atoms with Gasteiger partial charge in [0.2, 0.25) is 0 Å². The number of nitrogens with zero attached hydrogens (tertiary/aromatic N) is 4. The Labute approximate surface area is 121 Å². The molecule has 1 aliphatic carbocycles. The molecule has 0 atom stereocenters. The molecule has 0 amide bonds. The summed E-state index contributed by atoms with van der Waals surface area (Å²) in [5.41, 5.74) is 1.24. The van der Waals surface area contributed by atoms with Gasteiger partial charge in [-0.2, -0.15) is 0 Å². The van der Waals surface area contributed by atoms with E-state index in [1.54, 1.807) is 6.33 Å². The molecule has 0 spiro atoms. The molecule has 1 aromatic rings. The Morgan fingerprint density at radius 2 is 1.95 bits per heavy atom. The molecule has 1 N–H and O–H groups in total. The average molecular weight is 275 g/mol. The number of anilines is 2. The Morgan fingerprint density at radius 3 is 2.55 bits per heavy atom. The molecule has 2 heterocycles. The van der Waals surface area contributed by atoms with Crippen LogP contribution in [0.25, 0.3) is 0 Å². The summed E-state index contributed by atoms with van der Waals surface area (Å²) >= 11 is 0. The van der Waals surface area contributed by atoms with Crippen LogP contribution < -0.4 is 10.2 Å². The molecule has 1 aliphatic heterocycles. The second-order valence-electron chi connectivity index (χ2n) is 5.86. The van der Waals surface area contributed by atoms with Crippen molar-refractivity contribution in [1.82, 2.24) is 14.9 Å². The van der Waals surface area contributed by atoms with Crippen molar-refractivity contribution in [3.05, 3.63) is 11.9 Å². The molecule has 1 aromatic heterocycles. The van der Waals surface area contributed by atoms with Crippen molar-refractivity contribution in [2.45, 2.75) is 26.2 Å². The van der Waals surface area contributed by atoms with Gasteiger partial charge in [0.25, 0.3) is 0 Å². The number of nitrogens with one attached hydrogen (secondary N) is 1. The minimum atomic E-state index is 0.967. The predicted molar refractivity (Wildman–Crippen MR) is 82.3 cm³/mol. The Balaban J connectivity index is 1.67. The zero-order valence-corrected chi connectivity index (χ0v) is 12.6. The fourth-order valence-electron chi connectivity index (χ4n) is 3.02. The number of aromatic nitrogens is 2. The van der Waals surface area contributed by atoms with Gasteiger partial charge in [0.1, 0.15) is 18.0 Å². The summed E-state index contributed by atoms with van der Waals surface area (Å²) in [7, 11) is 1.93. The number of piperazine rings is 1. The Kier molecular flexibility index (Phi) is 4.05. The first-order valence-corrected chi connectivity index (χ1v) is 7.80. The van der Waals surface area contributed by atoms with Crippen LogP contribution in [0.1, 0.15) is 25.3 Å². The van der Waals surface area contributed by atoms with Crippen molar-refractivity contribution in [3.63, 3.8) is 0 Å². The third kappa shape index (κ3) is 2.87. The van der Waals surface area contributed by atoms with E-state index in [0.717, 1.165) is 37.1 Å². The van der Waals surface area contributed by atoms with Gasteiger partial charge >= 0.3 is 0 Å². The first-order chi connectivity index (χ1) is 9.81. The molecule has 20 heavy (non-hydrogen) atoms. The van der Waals surface area contributed by atoms with Crippen LogP contribution >= 0.6 is 0 Å². The van der Waals surface area contributed by atoms with Crippen molar-refractivity contribution < 1.29 is 0 Å². The molecular formula is C15H25N5. The van der Waals surface area contributed by atoms with Crippen LogP contribution in [0.3, 0.4) is 0 Å². The van der Waals surface area contributed by atoms with Crippen molar-refractivity contribution in [2.75, 3.05) is 50.0 Å². The fraction of sp³-hybridized carbons (Fsp3) is 0.733. The van der Waals surface area contributed by atoms with Crippen molar-refractivity contribution in [2.24, 2.45) is 5.92 Å². The molecule has 5 heteroatoms. The van der Waals surface area contributed by atoms with Gasteiger partial charge in [-0.05, 0) is 25.2 Å². The largest absolute Gasteiger partial charge is 0.373 e. The maximum absolute atomic E-state index is 4.54. The lowest BCUT2D eigenvalue weighted by Crippen LogP contribution is -2.47. The monoisotopic (exact) mass is 275 g/mol. The van der Waals surface area contributed by atoms with Crippen molar-refractivity contribution in [1.29, 1.82) is 0 Å². The van der Waals surface area contributed by atoms with E-state index in [0.29, 0.717) is 0 Å². The van der Waals surface area contributed by atoms with Crippen LogP contribution in [0.15, 0.2) is 6.33 Å². The maximum atomic E-state index is 4.54. The molecule has 0 radical (unpaired) electrons. The van der Waals surface area contributed by atoms with Crippen molar-refractivity contribution in [3.8, 4) is 0 Å². The molecule has 0 aromatic carbocycles. The minimum absolute atomic E-state index is 0.967. The summed E-state index contributed by atoms with van der Waals surface area (Å²) in [5, 5.41) is 3.18. The smallest absolute Gasteiger partial charge is 0.137 e. The third-order valence-electron chi connectivity index (χ3n) is 4.40. The molecule has 5 nitrogen and oxygen atoms in total. The number of rotatable bonds is 5. The Bertz CT molecular complexity index is 450. The van der Waals surface area contributed by atoms with E-state index < -0.39 is 0 Å². The van der Waals surface area contributed by atoms with Crippen LogP contribution in [0.2, 0.25) is 0 Å². The van der Waals surface area contributed by atoms with Gasteiger partial charge in [0, 0.05) is 45.3 Å². The minimum Gasteiger partial charge on any atom is -0.373 e. The third-order valence-corrected chi connectivity index (χ3v) is 4.40. The first kappa shape index (κ1) is 13.6. The summed E-state index contributed by atoms with van der Waals surface area (Å²) in [5.74, 6) is 3.08. The second kappa shape index (κ2) is 5.95. The summed E-state index contributed by atoms with van der Waals surface area (Å²) in [6.45, 7) is 7.98. The van der Waals surface area contributed by atoms with Gasteiger partial charge in [0.15, 0.2) is 0 Å². The highest BCUT2D eigenvalue weighted by molar-refractivity contribution is 5.58. The van der Waals surface area contributed by atoms with Crippen LogP contribution in [0, 0.1) is 5.92 Å². The van der Waals surface area contributed by atoms with E-state index in [9.17, 15) is 0 Å². The Hall–Kier alpha value is -1.36. The van der Waals surface area contributed by atoms with Crippen LogP contribution in [0.5, 0.6) is 0 Å². The highest BCUT2D eigenvalue weighted by Crippen LogP contribution is 2.30. The van der Waals surface area contributed by atoms with E-state index >= 15 is 0 Å². The lowest BCUT2D eigenvalue weighted by molar-refractivity contribution is 0.247. The molecule has 1 saturated carbocycles. The standard InChI is InChI=1S/C15H25N5/c1-3-13-14(16-2)17-11-18-15(13)20-8-6-19(7-9-20)10-12-4-5-12/h11-12H,3-10H2,1-2H3,(H,16,17,18). The highest BCUT2D eigenvalue weighted by atomic mass is 15.3. The van der Waals surface area contributed by atoms with E-state index in [4.69, 9.17) is 0 Å². The van der Waals surface area contributed by atoms with E-state index in [1.807, 2.05) is 7.05 Å². The van der Waals surface area contributed by atoms with Gasteiger partial charge < -0.3 is 10.2 Å². The van der Waals surface area contributed by atoms with Gasteiger partial charge in [-0.1, -0.05) is 6.92 Å². The summed E-state index contributed by atoms with van der Waals surface area (Å²) in [6, 6.07) is 0. The van der Waals surface area contributed by atoms with Gasteiger partial charge in [-0.25, -0.2) is 9.97 Å². The molecule has 0 bridgehead atoms. The average Bonchev–Trinajstić information content (AvgIpc) is 3.31. The Morgan fingerprint density at radius 1 is 1.20 bits per heavy atom. The fourth-order valence-corrected chi connectivity index (χ4v) is 3.02. The van der Waals surface area contributed by atoms with Gasteiger partial charge in [0.05, 0.1) is 0 Å². The van der Waals surface area contributed by atoms with Crippen LogP contribution in [-0.4, -0.2) is 54.6 Å². The topological polar surface area (TPSA) is 44.3 Å². The van der Waals surface area contributed by atoms with Gasteiger partial charge in [-0.3, -0.25) is 4.90 Å². The zero-order chi connectivity index (χ0) is 13.9. The van der Waals surface area contributed by atoms with E-state index in [-0.39, 0.29) is 0 Å². The van der Waals surface area contributed by atoms with Crippen LogP contribution in [0.4, 0.5) is 11.6 Å². The molecule has 2 aliphatic rings. The normalized spacial score (nSPS) is 20.2. The lowest BCUT2D eigenvalue weighted by atomic mass is 10.2. The van der Waals surface area contributed by atoms with Gasteiger partial charge in [-0.15, -0.1) is 0 Å². The maximum Gasteiger partial charge on any atom is 0.137 e. The summed E-state index contributed by atoms with van der Waals surface area (Å²) < 4.78 is 0. The second-order valence-corrected chi connectivity index (χ2v) is 5.86. The van der Waals surface area contributed by atoms with E-state index in [2.05, 4.69) is 32.0 Å². The molecule has 3 rings (SSSR count). The molecular weight excluding hydrogens is 250 g/mol. The number of hydrogen-bond donors (Lipinski definition) is 1. The molecule has 2 fully saturated rings. The molecule has 0 unspecified atom stereocenters. The van der Waals surface area contributed by atoms with Crippen molar-refractivity contribution >= 4 is 11.6 Å². The summed E-state index contributed by atoms with van der Waals surface area (Å²) in [4.78, 5) is 13.9. The van der Waals surface area contributed by atoms with Crippen LogP contribution in [-0.2, 0) is 6.42 Å². The quantitative estimate of drug-likeness (QED) is 0.884. The highest BCUT2D eigenvalue weighted by Gasteiger charge is 2.27. The molecule has 1 saturated heterocycles. The number of hydrogen-bond acceptors (Lipinski definition) is 5. The predicted octanol–water partition coefficient (Wildman–Crippen LogP) is 1.61. The first-order valence-electron chi connectivity index (χ1n) is 7.80. The molecule has 110 valence electrons. The summed E-state index contributed by atoms with van der Waals surface area (Å²) in [6.07, 6.45) is 5.53. The SMILES string of the molecule is CCc1c(NC)ncnc1N1CCN(CC2CC2)CC1.